The molecular formula is C13H17NO2S. The summed E-state index contributed by atoms with van der Waals surface area (Å²) in [5, 5.41) is 8.64. The molecule has 1 aromatic heterocycles. The van der Waals surface area contributed by atoms with E-state index in [1.807, 2.05) is 6.07 Å². The van der Waals surface area contributed by atoms with Crippen LogP contribution in [0.25, 0.3) is 0 Å². The van der Waals surface area contributed by atoms with Crippen molar-refractivity contribution in [1.82, 2.24) is 4.90 Å². The molecule has 4 heteroatoms. The van der Waals surface area contributed by atoms with Crippen molar-refractivity contribution < 1.29 is 9.84 Å². The predicted molar refractivity (Wildman–Crippen MR) is 69.0 cm³/mol. The van der Waals surface area contributed by atoms with E-state index in [4.69, 9.17) is 9.84 Å². The molecule has 1 aromatic rings. The minimum absolute atomic E-state index is 0.0727. The summed E-state index contributed by atoms with van der Waals surface area (Å²) in [4.78, 5) is 4.77. The third-order valence-corrected chi connectivity index (χ3v) is 3.63. The van der Waals surface area contributed by atoms with Gasteiger partial charge in [0.1, 0.15) is 6.61 Å². The molecule has 2 heterocycles. The molecule has 0 atom stereocenters. The fraction of sp³-hybridized carbons (Fsp3) is 0.538. The van der Waals surface area contributed by atoms with Crippen molar-refractivity contribution in [3.8, 4) is 11.8 Å². The second-order valence-corrected chi connectivity index (χ2v) is 5.14. The molecule has 92 valence electrons. The van der Waals surface area contributed by atoms with Gasteiger partial charge in [-0.05, 0) is 18.6 Å². The van der Waals surface area contributed by atoms with Gasteiger partial charge in [-0.25, -0.2) is 0 Å². The third-order valence-electron chi connectivity index (χ3n) is 2.65. The number of aliphatic hydroxyl groups is 1. The van der Waals surface area contributed by atoms with Gasteiger partial charge in [-0.1, -0.05) is 11.8 Å². The Bertz CT molecular complexity index is 397. The normalized spacial score (nSPS) is 17.2. The lowest BCUT2D eigenvalue weighted by molar-refractivity contribution is 0.140. The van der Waals surface area contributed by atoms with E-state index in [9.17, 15) is 0 Å². The van der Waals surface area contributed by atoms with Crippen LogP contribution in [0.5, 0.6) is 0 Å². The Kier molecular flexibility index (Phi) is 5.02. The van der Waals surface area contributed by atoms with E-state index in [1.54, 1.807) is 11.3 Å². The van der Waals surface area contributed by atoms with Gasteiger partial charge in [0, 0.05) is 31.1 Å². The van der Waals surface area contributed by atoms with Gasteiger partial charge >= 0.3 is 0 Å². The summed E-state index contributed by atoms with van der Waals surface area (Å²) in [6, 6.07) is 4.15. The van der Waals surface area contributed by atoms with Crippen molar-refractivity contribution in [3.05, 3.63) is 21.9 Å². The molecule has 1 N–H and O–H groups in total. The molecule has 1 fully saturated rings. The van der Waals surface area contributed by atoms with Crippen LogP contribution in [0.4, 0.5) is 0 Å². The summed E-state index contributed by atoms with van der Waals surface area (Å²) in [6.07, 6.45) is 1.11. The van der Waals surface area contributed by atoms with Crippen molar-refractivity contribution in [1.29, 1.82) is 0 Å². The zero-order valence-electron chi connectivity index (χ0n) is 9.82. The molecule has 0 spiro atoms. The summed E-state index contributed by atoms with van der Waals surface area (Å²) in [6.45, 7) is 4.74. The van der Waals surface area contributed by atoms with Crippen molar-refractivity contribution in [2.45, 2.75) is 13.0 Å². The van der Waals surface area contributed by atoms with Crippen molar-refractivity contribution in [3.63, 3.8) is 0 Å². The van der Waals surface area contributed by atoms with Crippen LogP contribution in [-0.2, 0) is 11.3 Å². The number of aliphatic hydroxyl groups excluding tert-OH is 1. The third kappa shape index (κ3) is 4.14. The van der Waals surface area contributed by atoms with Crippen molar-refractivity contribution in [2.24, 2.45) is 0 Å². The number of ether oxygens (including phenoxy) is 1. The lowest BCUT2D eigenvalue weighted by Gasteiger charge is -2.17. The molecule has 2 rings (SSSR count). The molecule has 1 aliphatic heterocycles. The number of nitrogens with zero attached hydrogens (tertiary/aromatic N) is 1. The quantitative estimate of drug-likeness (QED) is 0.805. The van der Waals surface area contributed by atoms with Crippen LogP contribution in [0.1, 0.15) is 16.2 Å². The smallest absolute Gasteiger partial charge is 0.104 e. The number of hydrogen-bond donors (Lipinski definition) is 1. The second kappa shape index (κ2) is 6.77. The van der Waals surface area contributed by atoms with E-state index >= 15 is 0 Å². The number of thiophene rings is 1. The summed E-state index contributed by atoms with van der Waals surface area (Å²) in [5.74, 6) is 5.61. The highest BCUT2D eigenvalue weighted by molar-refractivity contribution is 7.12. The molecule has 1 aliphatic rings. The Morgan fingerprint density at radius 1 is 1.35 bits per heavy atom. The molecule has 1 saturated heterocycles. The van der Waals surface area contributed by atoms with E-state index in [1.165, 1.54) is 4.88 Å². The van der Waals surface area contributed by atoms with Gasteiger partial charge < -0.3 is 9.84 Å². The molecule has 0 saturated carbocycles. The maximum absolute atomic E-state index is 8.64. The lowest BCUT2D eigenvalue weighted by Crippen LogP contribution is -2.25. The van der Waals surface area contributed by atoms with Gasteiger partial charge in [-0.15, -0.1) is 11.3 Å². The van der Waals surface area contributed by atoms with Gasteiger partial charge in [0.25, 0.3) is 0 Å². The standard InChI is InChI=1S/C13H17NO2S/c15-8-1-3-12-4-5-13(17-12)11-14-6-2-9-16-10-7-14/h4-5,15H,2,6-11H2. The fourth-order valence-corrected chi connectivity index (χ4v) is 2.76. The minimum atomic E-state index is -0.0727. The molecule has 0 aromatic carbocycles. The molecule has 3 nitrogen and oxygen atoms in total. The Morgan fingerprint density at radius 2 is 2.29 bits per heavy atom. The van der Waals surface area contributed by atoms with Crippen LogP contribution < -0.4 is 0 Å². The first-order valence-corrected chi connectivity index (χ1v) is 6.68. The van der Waals surface area contributed by atoms with Gasteiger partial charge in [-0.2, -0.15) is 0 Å². The number of hydrogen-bond acceptors (Lipinski definition) is 4. The van der Waals surface area contributed by atoms with Crippen molar-refractivity contribution in [2.75, 3.05) is 32.9 Å². The zero-order valence-corrected chi connectivity index (χ0v) is 10.6. The highest BCUT2D eigenvalue weighted by atomic mass is 32.1. The molecule has 0 unspecified atom stereocenters. The summed E-state index contributed by atoms with van der Waals surface area (Å²) >= 11 is 1.71. The van der Waals surface area contributed by atoms with E-state index in [-0.39, 0.29) is 6.61 Å². The van der Waals surface area contributed by atoms with Gasteiger partial charge in [0.05, 0.1) is 11.5 Å². The number of rotatable bonds is 2. The van der Waals surface area contributed by atoms with Crippen LogP contribution in [0.15, 0.2) is 12.1 Å². The van der Waals surface area contributed by atoms with Crippen molar-refractivity contribution >= 4 is 11.3 Å². The maximum Gasteiger partial charge on any atom is 0.104 e. The molecule has 0 radical (unpaired) electrons. The Hall–Kier alpha value is -0.860. The van der Waals surface area contributed by atoms with Crippen LogP contribution >= 0.6 is 11.3 Å². The second-order valence-electron chi connectivity index (χ2n) is 3.97. The van der Waals surface area contributed by atoms with E-state index in [0.29, 0.717) is 0 Å². The summed E-state index contributed by atoms with van der Waals surface area (Å²) < 4.78 is 5.43. The monoisotopic (exact) mass is 251 g/mol. The minimum Gasteiger partial charge on any atom is -0.384 e. The predicted octanol–water partition coefficient (Wildman–Crippen LogP) is 1.31. The van der Waals surface area contributed by atoms with Crippen LogP contribution in [0.3, 0.4) is 0 Å². The van der Waals surface area contributed by atoms with E-state index in [0.717, 1.165) is 44.1 Å². The fourth-order valence-electron chi connectivity index (χ4n) is 1.83. The average Bonchev–Trinajstić information content (AvgIpc) is 2.61. The Labute approximate surface area is 106 Å². The van der Waals surface area contributed by atoms with Gasteiger partial charge in [-0.3, -0.25) is 4.90 Å². The highest BCUT2D eigenvalue weighted by Gasteiger charge is 2.10. The SMILES string of the molecule is OCC#Cc1ccc(CN2CCCOCC2)s1. The lowest BCUT2D eigenvalue weighted by atomic mass is 10.3. The van der Waals surface area contributed by atoms with Gasteiger partial charge in [0.2, 0.25) is 0 Å². The first kappa shape index (κ1) is 12.6. The molecule has 0 amide bonds. The Morgan fingerprint density at radius 3 is 3.18 bits per heavy atom. The molecular weight excluding hydrogens is 234 g/mol. The van der Waals surface area contributed by atoms with Gasteiger partial charge in [0.15, 0.2) is 0 Å². The molecule has 0 aliphatic carbocycles. The summed E-state index contributed by atoms with van der Waals surface area (Å²) in [7, 11) is 0. The average molecular weight is 251 g/mol. The zero-order chi connectivity index (χ0) is 11.9. The summed E-state index contributed by atoms with van der Waals surface area (Å²) in [5.41, 5.74) is 0. The largest absolute Gasteiger partial charge is 0.384 e. The van der Waals surface area contributed by atoms with E-state index < -0.39 is 0 Å². The van der Waals surface area contributed by atoms with E-state index in [2.05, 4.69) is 22.8 Å². The molecule has 17 heavy (non-hydrogen) atoms. The molecule has 0 bridgehead atoms. The van der Waals surface area contributed by atoms with Crippen LogP contribution in [-0.4, -0.2) is 42.9 Å². The first-order chi connectivity index (χ1) is 8.38. The first-order valence-electron chi connectivity index (χ1n) is 5.87. The van der Waals surface area contributed by atoms with Crippen LogP contribution in [0, 0.1) is 11.8 Å². The Balaban J connectivity index is 1.91. The highest BCUT2D eigenvalue weighted by Crippen LogP contribution is 2.18. The topological polar surface area (TPSA) is 32.7 Å². The van der Waals surface area contributed by atoms with Crippen LogP contribution in [0.2, 0.25) is 0 Å². The maximum atomic E-state index is 8.64.